The second-order valence-corrected chi connectivity index (χ2v) is 4.31. The fraction of sp³-hybridized carbons (Fsp3) is 0.909. The number of carbonyl (C=O) groups excluding carboxylic acids is 1. The number of ether oxygens (including phenoxy) is 1. The lowest BCUT2D eigenvalue weighted by Gasteiger charge is -2.07. The van der Waals surface area contributed by atoms with E-state index in [0.717, 1.165) is 13.1 Å². The third-order valence-electron chi connectivity index (χ3n) is 3.41. The number of nitrogens with one attached hydrogen (secondary N) is 1. The predicted octanol–water partition coefficient (Wildman–Crippen LogP) is 1.19. The maximum atomic E-state index is 11.5. The third kappa shape index (κ3) is 1.92. The summed E-state index contributed by atoms with van der Waals surface area (Å²) in [5, 5.41) is 3.40. The maximum Gasteiger partial charge on any atom is 0.309 e. The smallest absolute Gasteiger partial charge is 0.309 e. The number of rotatable bonds is 2. The van der Waals surface area contributed by atoms with Crippen LogP contribution in [0.1, 0.15) is 26.2 Å². The van der Waals surface area contributed by atoms with Crippen LogP contribution in [0.15, 0.2) is 0 Å². The van der Waals surface area contributed by atoms with Gasteiger partial charge < -0.3 is 10.1 Å². The first-order valence-corrected chi connectivity index (χ1v) is 5.72. The number of hydrogen-bond donors (Lipinski definition) is 1. The van der Waals surface area contributed by atoms with Gasteiger partial charge in [-0.15, -0.1) is 0 Å². The summed E-state index contributed by atoms with van der Waals surface area (Å²) < 4.78 is 5.07. The zero-order chi connectivity index (χ0) is 9.97. The molecule has 0 amide bonds. The zero-order valence-electron chi connectivity index (χ0n) is 8.79. The van der Waals surface area contributed by atoms with E-state index < -0.39 is 0 Å². The van der Waals surface area contributed by atoms with Gasteiger partial charge in [0.25, 0.3) is 0 Å². The highest BCUT2D eigenvalue weighted by atomic mass is 16.5. The number of esters is 1. The second-order valence-electron chi connectivity index (χ2n) is 4.31. The van der Waals surface area contributed by atoms with Crippen LogP contribution in [0, 0.1) is 17.8 Å². The molecule has 1 saturated heterocycles. The maximum absolute atomic E-state index is 11.5. The van der Waals surface area contributed by atoms with E-state index >= 15 is 0 Å². The van der Waals surface area contributed by atoms with Gasteiger partial charge in [-0.3, -0.25) is 4.79 Å². The van der Waals surface area contributed by atoms with Crippen LogP contribution >= 0.6 is 0 Å². The van der Waals surface area contributed by atoms with E-state index in [-0.39, 0.29) is 11.9 Å². The van der Waals surface area contributed by atoms with Crippen molar-refractivity contribution in [3.8, 4) is 0 Å². The van der Waals surface area contributed by atoms with Gasteiger partial charge in [-0.05, 0) is 44.7 Å². The molecule has 1 heterocycles. The van der Waals surface area contributed by atoms with Gasteiger partial charge in [-0.2, -0.15) is 0 Å². The summed E-state index contributed by atoms with van der Waals surface area (Å²) in [4.78, 5) is 11.5. The SMILES string of the molecule is CCOC(=O)C1C2CCCCNCC21. The van der Waals surface area contributed by atoms with Crippen LogP contribution in [0.5, 0.6) is 0 Å². The molecule has 1 saturated carbocycles. The molecule has 3 atom stereocenters. The normalized spacial score (nSPS) is 36.5. The van der Waals surface area contributed by atoms with Crippen molar-refractivity contribution in [2.45, 2.75) is 26.2 Å². The predicted molar refractivity (Wildman–Crippen MR) is 53.8 cm³/mol. The summed E-state index contributed by atoms with van der Waals surface area (Å²) in [6.07, 6.45) is 3.72. The Morgan fingerprint density at radius 1 is 1.43 bits per heavy atom. The third-order valence-corrected chi connectivity index (χ3v) is 3.41. The molecule has 2 rings (SSSR count). The second kappa shape index (κ2) is 4.30. The summed E-state index contributed by atoms with van der Waals surface area (Å²) >= 11 is 0. The van der Waals surface area contributed by atoms with Crippen LogP contribution in [-0.2, 0) is 9.53 Å². The molecule has 0 aromatic carbocycles. The number of hydrogen-bond acceptors (Lipinski definition) is 3. The van der Waals surface area contributed by atoms with Crippen molar-refractivity contribution >= 4 is 5.97 Å². The Bertz CT molecular complexity index is 203. The van der Waals surface area contributed by atoms with Gasteiger partial charge in [0.1, 0.15) is 0 Å². The van der Waals surface area contributed by atoms with Crippen molar-refractivity contribution in [3.63, 3.8) is 0 Å². The largest absolute Gasteiger partial charge is 0.466 e. The van der Waals surface area contributed by atoms with Gasteiger partial charge in [-0.1, -0.05) is 6.42 Å². The van der Waals surface area contributed by atoms with E-state index in [1.165, 1.54) is 19.3 Å². The van der Waals surface area contributed by atoms with E-state index in [1.54, 1.807) is 0 Å². The van der Waals surface area contributed by atoms with Gasteiger partial charge in [0, 0.05) is 0 Å². The molecule has 1 aliphatic heterocycles. The minimum atomic E-state index is 0.0335. The Labute approximate surface area is 85.2 Å². The molecule has 1 aliphatic carbocycles. The van der Waals surface area contributed by atoms with E-state index in [9.17, 15) is 4.79 Å². The Kier molecular flexibility index (Phi) is 3.06. The monoisotopic (exact) mass is 197 g/mol. The average Bonchev–Trinajstić information content (AvgIpc) is 2.77. The van der Waals surface area contributed by atoms with E-state index in [0.29, 0.717) is 18.4 Å². The van der Waals surface area contributed by atoms with Crippen LogP contribution in [0.2, 0.25) is 0 Å². The van der Waals surface area contributed by atoms with Crippen LogP contribution < -0.4 is 5.32 Å². The molecule has 1 N–H and O–H groups in total. The molecule has 0 bridgehead atoms. The molecule has 2 aliphatic rings. The van der Waals surface area contributed by atoms with Crippen molar-refractivity contribution in [1.82, 2.24) is 5.32 Å². The molecule has 0 radical (unpaired) electrons. The molecule has 80 valence electrons. The van der Waals surface area contributed by atoms with E-state index in [2.05, 4.69) is 5.32 Å². The van der Waals surface area contributed by atoms with Crippen molar-refractivity contribution in [2.24, 2.45) is 17.8 Å². The lowest BCUT2D eigenvalue weighted by Crippen LogP contribution is -2.21. The quantitative estimate of drug-likeness (QED) is 0.676. The average molecular weight is 197 g/mol. The Balaban J connectivity index is 1.87. The molecular formula is C11H19NO2. The Morgan fingerprint density at radius 2 is 2.29 bits per heavy atom. The van der Waals surface area contributed by atoms with E-state index in [4.69, 9.17) is 4.74 Å². The minimum Gasteiger partial charge on any atom is -0.466 e. The first-order valence-electron chi connectivity index (χ1n) is 5.72. The molecule has 14 heavy (non-hydrogen) atoms. The van der Waals surface area contributed by atoms with Gasteiger partial charge >= 0.3 is 5.97 Å². The fourth-order valence-electron chi connectivity index (χ4n) is 2.60. The summed E-state index contributed by atoms with van der Waals surface area (Å²) in [6, 6.07) is 0. The van der Waals surface area contributed by atoms with Crippen molar-refractivity contribution < 1.29 is 9.53 Å². The highest BCUT2D eigenvalue weighted by Crippen LogP contribution is 2.50. The summed E-state index contributed by atoms with van der Waals surface area (Å²) in [7, 11) is 0. The number of fused-ring (bicyclic) bond motifs is 1. The zero-order valence-corrected chi connectivity index (χ0v) is 8.79. The first kappa shape index (κ1) is 9.97. The topological polar surface area (TPSA) is 38.3 Å². The lowest BCUT2D eigenvalue weighted by molar-refractivity contribution is -0.145. The molecule has 0 spiro atoms. The fourth-order valence-corrected chi connectivity index (χ4v) is 2.60. The molecule has 0 aromatic rings. The molecule has 3 heteroatoms. The Morgan fingerprint density at radius 3 is 3.07 bits per heavy atom. The van der Waals surface area contributed by atoms with Crippen LogP contribution in [-0.4, -0.2) is 25.7 Å². The van der Waals surface area contributed by atoms with Gasteiger partial charge in [0.2, 0.25) is 0 Å². The molecular weight excluding hydrogens is 178 g/mol. The van der Waals surface area contributed by atoms with E-state index in [1.807, 2.05) is 6.92 Å². The van der Waals surface area contributed by atoms with Crippen LogP contribution in [0.25, 0.3) is 0 Å². The van der Waals surface area contributed by atoms with Crippen molar-refractivity contribution in [2.75, 3.05) is 19.7 Å². The van der Waals surface area contributed by atoms with Crippen molar-refractivity contribution in [1.29, 1.82) is 0 Å². The first-order chi connectivity index (χ1) is 6.84. The standard InChI is InChI=1S/C11H19NO2/c1-2-14-11(13)10-8-5-3-4-6-12-7-9(8)10/h8-10,12H,2-7H2,1H3. The highest BCUT2D eigenvalue weighted by Gasteiger charge is 2.54. The molecule has 3 nitrogen and oxygen atoms in total. The summed E-state index contributed by atoms with van der Waals surface area (Å²) in [5.74, 6) is 1.42. The van der Waals surface area contributed by atoms with Crippen molar-refractivity contribution in [3.05, 3.63) is 0 Å². The van der Waals surface area contributed by atoms with Gasteiger partial charge in [0.15, 0.2) is 0 Å². The van der Waals surface area contributed by atoms with Crippen LogP contribution in [0.4, 0.5) is 0 Å². The molecule has 0 aromatic heterocycles. The Hall–Kier alpha value is -0.570. The van der Waals surface area contributed by atoms with Gasteiger partial charge in [0.05, 0.1) is 12.5 Å². The number of carbonyl (C=O) groups is 1. The highest BCUT2D eigenvalue weighted by molar-refractivity contribution is 5.76. The molecule has 2 fully saturated rings. The molecule has 3 unspecified atom stereocenters. The lowest BCUT2D eigenvalue weighted by atomic mass is 10.1. The minimum absolute atomic E-state index is 0.0335. The summed E-state index contributed by atoms with van der Waals surface area (Å²) in [5.41, 5.74) is 0. The van der Waals surface area contributed by atoms with Gasteiger partial charge in [-0.25, -0.2) is 0 Å². The summed E-state index contributed by atoms with van der Waals surface area (Å²) in [6.45, 7) is 4.51. The van der Waals surface area contributed by atoms with Crippen LogP contribution in [0.3, 0.4) is 0 Å².